The minimum Gasteiger partial charge on any atom is -0.481 e. The third-order valence-electron chi connectivity index (χ3n) is 3.56. The van der Waals surface area contributed by atoms with Crippen LogP contribution < -0.4 is 0 Å². The summed E-state index contributed by atoms with van der Waals surface area (Å²) in [5, 5.41) is 19.5. The summed E-state index contributed by atoms with van der Waals surface area (Å²) in [5.41, 5.74) is 0.222. The van der Waals surface area contributed by atoms with Crippen LogP contribution in [0.15, 0.2) is 48.2 Å². The van der Waals surface area contributed by atoms with E-state index in [1.54, 1.807) is 12.2 Å². The first-order valence-electron chi connectivity index (χ1n) is 9.08. The number of carbonyl (C=O) groups is 1. The van der Waals surface area contributed by atoms with Crippen LogP contribution >= 0.6 is 0 Å². The van der Waals surface area contributed by atoms with Crippen LogP contribution in [-0.2, 0) is 4.79 Å². The van der Waals surface area contributed by atoms with Gasteiger partial charge in [0.25, 0.3) is 0 Å². The van der Waals surface area contributed by atoms with Crippen molar-refractivity contribution < 1.29 is 14.8 Å². The Morgan fingerprint density at radius 3 is 2.24 bits per heavy atom. The fraction of sp³-hybridized carbons (Fsp3) is 0.550. The third kappa shape index (κ3) is 16.5. The number of allylic oxidation sites excluding steroid dienone is 7. The van der Waals surface area contributed by atoms with Gasteiger partial charge in [-0.1, -0.05) is 56.2 Å². The molecule has 0 atom stereocenters. The van der Waals surface area contributed by atoms with Gasteiger partial charge in [-0.3, -0.25) is 14.9 Å². The van der Waals surface area contributed by atoms with Crippen molar-refractivity contribution in [2.45, 2.75) is 71.1 Å². The highest BCUT2D eigenvalue weighted by molar-refractivity contribution is 5.66. The van der Waals surface area contributed by atoms with Gasteiger partial charge in [-0.2, -0.15) is 0 Å². The Morgan fingerprint density at radius 2 is 1.60 bits per heavy atom. The summed E-state index contributed by atoms with van der Waals surface area (Å²) in [5.74, 6) is -0.775. The van der Waals surface area contributed by atoms with E-state index in [2.05, 4.69) is 13.0 Å². The Morgan fingerprint density at radius 1 is 0.960 bits per heavy atom. The van der Waals surface area contributed by atoms with Gasteiger partial charge in [0.15, 0.2) is 0 Å². The molecule has 140 valence electrons. The number of hydrogen-bond acceptors (Lipinski definition) is 3. The van der Waals surface area contributed by atoms with Crippen LogP contribution in [0.25, 0.3) is 0 Å². The molecule has 0 saturated heterocycles. The molecular weight excluding hydrogens is 318 g/mol. The molecule has 0 rings (SSSR count). The van der Waals surface area contributed by atoms with Crippen LogP contribution in [0, 0.1) is 10.1 Å². The zero-order valence-corrected chi connectivity index (χ0v) is 15.2. The topological polar surface area (TPSA) is 80.4 Å². The zero-order chi connectivity index (χ0) is 18.8. The van der Waals surface area contributed by atoms with Crippen LogP contribution in [0.4, 0.5) is 0 Å². The number of nitro groups is 1. The predicted molar refractivity (Wildman–Crippen MR) is 102 cm³/mol. The number of carboxylic acid groups (broad SMARTS) is 1. The molecule has 0 unspecified atom stereocenters. The van der Waals surface area contributed by atoms with E-state index >= 15 is 0 Å². The molecule has 0 spiro atoms. The van der Waals surface area contributed by atoms with E-state index in [1.807, 2.05) is 24.3 Å². The highest BCUT2D eigenvalue weighted by Gasteiger charge is 2.06. The highest BCUT2D eigenvalue weighted by Crippen LogP contribution is 2.07. The lowest BCUT2D eigenvalue weighted by molar-refractivity contribution is -0.427. The molecule has 0 saturated carbocycles. The molecule has 5 nitrogen and oxygen atoms in total. The minimum absolute atomic E-state index is 0.185. The van der Waals surface area contributed by atoms with Gasteiger partial charge in [0.2, 0.25) is 5.70 Å². The molecule has 0 aliphatic carbocycles. The summed E-state index contributed by atoms with van der Waals surface area (Å²) >= 11 is 0. The van der Waals surface area contributed by atoms with E-state index in [9.17, 15) is 14.9 Å². The lowest BCUT2D eigenvalue weighted by Crippen LogP contribution is -1.97. The lowest BCUT2D eigenvalue weighted by Gasteiger charge is -1.94. The number of aliphatic carboxylic acids is 1. The van der Waals surface area contributed by atoms with E-state index in [0.29, 0.717) is 25.7 Å². The van der Waals surface area contributed by atoms with Gasteiger partial charge in [0.1, 0.15) is 0 Å². The molecule has 0 aromatic rings. The van der Waals surface area contributed by atoms with Crippen molar-refractivity contribution in [2.24, 2.45) is 0 Å². The maximum Gasteiger partial charge on any atom is 0.303 e. The number of carboxylic acids is 1. The smallest absolute Gasteiger partial charge is 0.303 e. The largest absolute Gasteiger partial charge is 0.481 e. The fourth-order valence-electron chi connectivity index (χ4n) is 2.13. The van der Waals surface area contributed by atoms with Crippen LogP contribution in [0.3, 0.4) is 0 Å². The van der Waals surface area contributed by atoms with Crippen molar-refractivity contribution in [3.8, 4) is 0 Å². The van der Waals surface area contributed by atoms with Crippen LogP contribution in [0.2, 0.25) is 0 Å². The van der Waals surface area contributed by atoms with Crippen LogP contribution in [-0.4, -0.2) is 16.0 Å². The standard InChI is InChI=1S/C20H31NO4/c1-2-3-4-5-7-10-13-16-19(21(24)25)17-14-11-8-6-9-12-15-18-20(22)23/h6-7,9-11,14,16H,2-5,8,12-13,15,17-18H2,1H3,(H,22,23)/b9-6-,10-7?,14-11?,19-16?. The third-order valence-corrected chi connectivity index (χ3v) is 3.56. The SMILES string of the molecule is CCCCCC=CCC=C(CC=CC/C=C\CCCC(=O)O)[N+](=O)[O-]. The molecule has 1 N–H and O–H groups in total. The van der Waals surface area contributed by atoms with Gasteiger partial charge >= 0.3 is 5.97 Å². The number of hydrogen-bond donors (Lipinski definition) is 1. The minimum atomic E-state index is -0.775. The maximum atomic E-state index is 11.0. The Bertz CT molecular complexity index is 490. The fourth-order valence-corrected chi connectivity index (χ4v) is 2.13. The summed E-state index contributed by atoms with van der Waals surface area (Å²) in [7, 11) is 0. The Kier molecular flexibility index (Phi) is 15.2. The molecular formula is C20H31NO4. The maximum absolute atomic E-state index is 11.0. The Hall–Kier alpha value is -2.17. The molecule has 25 heavy (non-hydrogen) atoms. The highest BCUT2D eigenvalue weighted by atomic mass is 16.6. The Labute approximate surface area is 151 Å². The molecule has 5 heteroatoms. The van der Waals surface area contributed by atoms with Gasteiger partial charge < -0.3 is 5.11 Å². The first-order valence-corrected chi connectivity index (χ1v) is 9.08. The number of nitrogens with zero attached hydrogens (tertiary/aromatic N) is 1. The number of unbranched alkanes of at least 4 members (excludes halogenated alkanes) is 4. The molecule has 0 aliphatic heterocycles. The second-order valence-corrected chi connectivity index (χ2v) is 5.82. The lowest BCUT2D eigenvalue weighted by atomic mass is 10.2. The average molecular weight is 349 g/mol. The van der Waals surface area contributed by atoms with Crippen molar-refractivity contribution in [3.05, 3.63) is 58.3 Å². The molecule has 0 bridgehead atoms. The molecule has 0 heterocycles. The van der Waals surface area contributed by atoms with E-state index < -0.39 is 5.97 Å². The molecule has 0 radical (unpaired) electrons. The van der Waals surface area contributed by atoms with Gasteiger partial charge in [0.05, 0.1) is 11.3 Å². The quantitative estimate of drug-likeness (QED) is 0.175. The Balaban J connectivity index is 4.01. The second kappa shape index (κ2) is 16.7. The molecule has 0 aromatic carbocycles. The average Bonchev–Trinajstić information content (AvgIpc) is 2.57. The van der Waals surface area contributed by atoms with Crippen molar-refractivity contribution in [1.29, 1.82) is 0 Å². The van der Waals surface area contributed by atoms with Crippen molar-refractivity contribution in [1.82, 2.24) is 0 Å². The van der Waals surface area contributed by atoms with Crippen molar-refractivity contribution in [3.63, 3.8) is 0 Å². The van der Waals surface area contributed by atoms with Gasteiger partial charge in [-0.05, 0) is 44.6 Å². The first-order chi connectivity index (χ1) is 12.1. The monoisotopic (exact) mass is 349 g/mol. The number of rotatable bonds is 15. The molecule has 0 amide bonds. The van der Waals surface area contributed by atoms with Crippen molar-refractivity contribution in [2.75, 3.05) is 0 Å². The van der Waals surface area contributed by atoms with Crippen molar-refractivity contribution >= 4 is 5.97 Å². The zero-order valence-electron chi connectivity index (χ0n) is 15.2. The molecule has 0 aromatic heterocycles. The second-order valence-electron chi connectivity index (χ2n) is 5.82. The first kappa shape index (κ1) is 22.8. The molecule has 0 fully saturated rings. The van der Waals surface area contributed by atoms with E-state index in [1.165, 1.54) is 19.3 Å². The predicted octanol–water partition coefficient (Wildman–Crippen LogP) is 5.82. The van der Waals surface area contributed by atoms with E-state index in [4.69, 9.17) is 5.11 Å². The van der Waals surface area contributed by atoms with E-state index in [-0.39, 0.29) is 17.0 Å². The van der Waals surface area contributed by atoms with Gasteiger partial charge in [0, 0.05) is 6.42 Å². The van der Waals surface area contributed by atoms with Crippen LogP contribution in [0.1, 0.15) is 71.1 Å². The summed E-state index contributed by atoms with van der Waals surface area (Å²) in [6, 6.07) is 0. The summed E-state index contributed by atoms with van der Waals surface area (Å²) in [6.07, 6.45) is 21.2. The van der Waals surface area contributed by atoms with Gasteiger partial charge in [-0.25, -0.2) is 0 Å². The molecule has 0 aliphatic rings. The van der Waals surface area contributed by atoms with Crippen LogP contribution in [0.5, 0.6) is 0 Å². The normalized spacial score (nSPS) is 12.6. The summed E-state index contributed by atoms with van der Waals surface area (Å²) in [6.45, 7) is 2.17. The van der Waals surface area contributed by atoms with E-state index in [0.717, 1.165) is 12.8 Å². The van der Waals surface area contributed by atoms with Gasteiger partial charge in [-0.15, -0.1) is 0 Å². The summed E-state index contributed by atoms with van der Waals surface area (Å²) in [4.78, 5) is 21.0. The summed E-state index contributed by atoms with van der Waals surface area (Å²) < 4.78 is 0.